The van der Waals surface area contributed by atoms with Crippen molar-refractivity contribution in [3.63, 3.8) is 0 Å². The van der Waals surface area contributed by atoms with Crippen LogP contribution in [-0.4, -0.2) is 34.6 Å². The SMILES string of the molecule is CN(C)c1ccc(-n2cccc2/C=C2/SC(=Nc3ccccc3)N(Cc3ccco3)C2=O)cc1. The van der Waals surface area contributed by atoms with Gasteiger partial charge in [0.15, 0.2) is 5.17 Å². The van der Waals surface area contributed by atoms with E-state index in [1.807, 2.05) is 81.0 Å². The van der Waals surface area contributed by atoms with Crippen LogP contribution >= 0.6 is 11.8 Å². The van der Waals surface area contributed by atoms with Gasteiger partial charge in [-0.2, -0.15) is 0 Å². The number of furan rings is 1. The second-order valence-electron chi connectivity index (χ2n) is 8.03. The van der Waals surface area contributed by atoms with E-state index >= 15 is 0 Å². The number of aromatic nitrogens is 1. The molecule has 0 bridgehead atoms. The minimum Gasteiger partial charge on any atom is -0.467 e. The molecule has 0 saturated carbocycles. The van der Waals surface area contributed by atoms with Crippen molar-refractivity contribution in [1.29, 1.82) is 0 Å². The van der Waals surface area contributed by atoms with Gasteiger partial charge in [-0.15, -0.1) is 0 Å². The van der Waals surface area contributed by atoms with Crippen LogP contribution < -0.4 is 4.90 Å². The molecule has 1 saturated heterocycles. The molecule has 1 fully saturated rings. The number of hydrogen-bond acceptors (Lipinski definition) is 5. The molecule has 0 unspecified atom stereocenters. The van der Waals surface area contributed by atoms with Crippen molar-refractivity contribution < 1.29 is 9.21 Å². The molecule has 0 radical (unpaired) electrons. The first-order valence-corrected chi connectivity index (χ1v) is 11.7. The number of anilines is 1. The molecule has 1 aliphatic rings. The van der Waals surface area contributed by atoms with Crippen molar-refractivity contribution >= 4 is 40.3 Å². The molecular weight excluding hydrogens is 444 g/mol. The normalized spacial score (nSPS) is 16.1. The summed E-state index contributed by atoms with van der Waals surface area (Å²) in [4.78, 5) is 22.5. The summed E-state index contributed by atoms with van der Waals surface area (Å²) in [6, 6.07) is 25.6. The van der Waals surface area contributed by atoms with E-state index in [0.29, 0.717) is 22.4 Å². The smallest absolute Gasteiger partial charge is 0.267 e. The maximum absolute atomic E-state index is 13.4. The Morgan fingerprint density at radius 3 is 2.47 bits per heavy atom. The maximum Gasteiger partial charge on any atom is 0.267 e. The van der Waals surface area contributed by atoms with E-state index in [0.717, 1.165) is 22.8 Å². The molecule has 4 aromatic rings. The summed E-state index contributed by atoms with van der Waals surface area (Å²) in [5, 5.41) is 0.632. The number of para-hydroxylation sites is 1. The molecule has 1 amide bonds. The summed E-state index contributed by atoms with van der Waals surface area (Å²) < 4.78 is 7.57. The zero-order valence-corrected chi connectivity index (χ0v) is 19.8. The van der Waals surface area contributed by atoms with E-state index in [1.165, 1.54) is 11.8 Å². The van der Waals surface area contributed by atoms with Gasteiger partial charge in [0.05, 0.1) is 23.4 Å². The molecule has 34 heavy (non-hydrogen) atoms. The number of benzene rings is 2. The molecule has 0 spiro atoms. The molecule has 0 atom stereocenters. The quantitative estimate of drug-likeness (QED) is 0.329. The summed E-state index contributed by atoms with van der Waals surface area (Å²) in [6.07, 6.45) is 5.54. The van der Waals surface area contributed by atoms with E-state index in [-0.39, 0.29) is 5.91 Å². The Kier molecular flexibility index (Phi) is 6.10. The monoisotopic (exact) mass is 468 g/mol. The van der Waals surface area contributed by atoms with E-state index in [1.54, 1.807) is 11.2 Å². The lowest BCUT2D eigenvalue weighted by atomic mass is 10.2. The molecule has 3 heterocycles. The van der Waals surface area contributed by atoms with Crippen molar-refractivity contribution in [3.05, 3.63) is 108 Å². The number of carbonyl (C=O) groups excluding carboxylic acids is 1. The van der Waals surface area contributed by atoms with Crippen LogP contribution in [0.4, 0.5) is 11.4 Å². The third-order valence-electron chi connectivity index (χ3n) is 5.47. The Hall–Kier alpha value is -3.97. The first kappa shape index (κ1) is 21.9. The Morgan fingerprint density at radius 2 is 1.76 bits per heavy atom. The number of rotatable bonds is 6. The molecule has 170 valence electrons. The first-order chi connectivity index (χ1) is 16.6. The predicted molar refractivity (Wildman–Crippen MR) is 138 cm³/mol. The minimum atomic E-state index is -0.0909. The molecule has 7 heteroatoms. The molecule has 6 nitrogen and oxygen atoms in total. The van der Waals surface area contributed by atoms with Crippen LogP contribution in [0.2, 0.25) is 0 Å². The number of amidine groups is 1. The molecule has 0 N–H and O–H groups in total. The fraction of sp³-hybridized carbons (Fsp3) is 0.111. The molecular formula is C27H24N4O2S. The van der Waals surface area contributed by atoms with Gasteiger partial charge in [-0.25, -0.2) is 4.99 Å². The summed E-state index contributed by atoms with van der Waals surface area (Å²) >= 11 is 1.38. The highest BCUT2D eigenvalue weighted by Gasteiger charge is 2.34. The third-order valence-corrected chi connectivity index (χ3v) is 6.47. The third kappa shape index (κ3) is 4.56. The lowest BCUT2D eigenvalue weighted by molar-refractivity contribution is -0.122. The van der Waals surface area contributed by atoms with Crippen molar-refractivity contribution in [1.82, 2.24) is 9.47 Å². The van der Waals surface area contributed by atoms with Gasteiger partial charge in [0.2, 0.25) is 0 Å². The molecule has 0 aliphatic carbocycles. The number of amides is 1. The van der Waals surface area contributed by atoms with E-state index in [4.69, 9.17) is 9.41 Å². The number of carbonyl (C=O) groups is 1. The van der Waals surface area contributed by atoms with Crippen molar-refractivity contribution in [2.45, 2.75) is 6.54 Å². The van der Waals surface area contributed by atoms with Gasteiger partial charge in [-0.1, -0.05) is 18.2 Å². The summed E-state index contributed by atoms with van der Waals surface area (Å²) in [5.74, 6) is 0.618. The van der Waals surface area contributed by atoms with Gasteiger partial charge < -0.3 is 13.9 Å². The fourth-order valence-corrected chi connectivity index (χ4v) is 4.68. The van der Waals surface area contributed by atoms with Crippen LogP contribution in [-0.2, 0) is 11.3 Å². The number of hydrogen-bond donors (Lipinski definition) is 0. The number of nitrogens with zero attached hydrogens (tertiary/aromatic N) is 4. The van der Waals surface area contributed by atoms with Crippen LogP contribution in [0.5, 0.6) is 0 Å². The molecule has 1 aliphatic heterocycles. The Bertz CT molecular complexity index is 1340. The Balaban J connectivity index is 1.48. The summed E-state index contributed by atoms with van der Waals surface area (Å²) in [6.45, 7) is 0.328. The van der Waals surface area contributed by atoms with Gasteiger partial charge in [0, 0.05) is 37.4 Å². The Labute approximate surface area is 202 Å². The highest BCUT2D eigenvalue weighted by Crippen LogP contribution is 2.35. The van der Waals surface area contributed by atoms with Crippen LogP contribution in [0.3, 0.4) is 0 Å². The number of thioether (sulfide) groups is 1. The zero-order valence-electron chi connectivity index (χ0n) is 19.0. The average Bonchev–Trinajstić information content (AvgIpc) is 3.59. The van der Waals surface area contributed by atoms with Crippen LogP contribution in [0.1, 0.15) is 11.5 Å². The number of aliphatic imine (C=N–C) groups is 1. The van der Waals surface area contributed by atoms with Crippen LogP contribution in [0, 0.1) is 0 Å². The topological polar surface area (TPSA) is 54.0 Å². The molecule has 2 aromatic carbocycles. The second-order valence-corrected chi connectivity index (χ2v) is 9.03. The highest BCUT2D eigenvalue weighted by atomic mass is 32.2. The summed E-state index contributed by atoms with van der Waals surface area (Å²) in [7, 11) is 4.04. The zero-order chi connectivity index (χ0) is 23.5. The highest BCUT2D eigenvalue weighted by molar-refractivity contribution is 8.18. The van der Waals surface area contributed by atoms with E-state index < -0.39 is 0 Å². The molecule has 2 aromatic heterocycles. The van der Waals surface area contributed by atoms with E-state index in [9.17, 15) is 4.79 Å². The van der Waals surface area contributed by atoms with Crippen LogP contribution in [0.25, 0.3) is 11.8 Å². The van der Waals surface area contributed by atoms with Gasteiger partial charge in [-0.3, -0.25) is 9.69 Å². The predicted octanol–water partition coefficient (Wildman–Crippen LogP) is 5.94. The largest absolute Gasteiger partial charge is 0.467 e. The van der Waals surface area contributed by atoms with Crippen molar-refractivity contribution in [2.24, 2.45) is 4.99 Å². The van der Waals surface area contributed by atoms with Gasteiger partial charge in [0.1, 0.15) is 5.76 Å². The molecule has 5 rings (SSSR count). The summed E-state index contributed by atoms with van der Waals surface area (Å²) in [5.41, 5.74) is 3.89. The standard InChI is InChI=1S/C27H24N4O2S/c1-29(2)21-12-14-22(15-13-21)30-16-6-10-23(30)18-25-26(32)31(19-24-11-7-17-33-24)27(34-25)28-20-8-4-3-5-9-20/h3-18H,19H2,1-2H3/b25-18+,28-27?. The lowest BCUT2D eigenvalue weighted by Crippen LogP contribution is -2.28. The van der Waals surface area contributed by atoms with Gasteiger partial charge >= 0.3 is 0 Å². The first-order valence-electron chi connectivity index (χ1n) is 10.9. The average molecular weight is 469 g/mol. The van der Waals surface area contributed by atoms with Gasteiger partial charge in [-0.05, 0) is 78.5 Å². The van der Waals surface area contributed by atoms with Crippen LogP contribution in [0.15, 0.2) is 106 Å². The van der Waals surface area contributed by atoms with Crippen molar-refractivity contribution in [2.75, 3.05) is 19.0 Å². The maximum atomic E-state index is 13.4. The fourth-order valence-electron chi connectivity index (χ4n) is 3.69. The van der Waals surface area contributed by atoms with Crippen molar-refractivity contribution in [3.8, 4) is 5.69 Å². The Morgan fingerprint density at radius 1 is 0.971 bits per heavy atom. The van der Waals surface area contributed by atoms with E-state index in [2.05, 4.69) is 33.7 Å². The second kappa shape index (κ2) is 9.49. The van der Waals surface area contributed by atoms with Gasteiger partial charge in [0.25, 0.3) is 5.91 Å². The lowest BCUT2D eigenvalue weighted by Gasteiger charge is -2.14. The minimum absolute atomic E-state index is 0.0909.